The molecule has 0 unspecified atom stereocenters. The van der Waals surface area contributed by atoms with Crippen molar-refractivity contribution in [1.29, 1.82) is 0 Å². The van der Waals surface area contributed by atoms with Crippen LogP contribution in [0, 0.1) is 5.41 Å². The Morgan fingerprint density at radius 3 is 1.07 bits per heavy atom. The molecule has 0 atom stereocenters. The summed E-state index contributed by atoms with van der Waals surface area (Å²) in [6.07, 6.45) is 39.4. The Balaban J connectivity index is 3.48. The summed E-state index contributed by atoms with van der Waals surface area (Å²) in [5, 5.41) is 6.09. The fraction of sp³-hybridized carbons (Fsp3) is 0.949. The van der Waals surface area contributed by atoms with Crippen LogP contribution in [0.2, 0.25) is 0 Å². The van der Waals surface area contributed by atoms with Gasteiger partial charge in [0.15, 0.2) is 0 Å². The Hall–Kier alpha value is -1.06. The summed E-state index contributed by atoms with van der Waals surface area (Å²) in [5.74, 6) is 0.134. The lowest BCUT2D eigenvalue weighted by Crippen LogP contribution is -2.45. The Morgan fingerprint density at radius 1 is 0.419 bits per heavy atom. The molecule has 2 N–H and O–H groups in total. The minimum atomic E-state index is -0.568. The van der Waals surface area contributed by atoms with E-state index in [1.54, 1.807) is 0 Å². The van der Waals surface area contributed by atoms with Crippen LogP contribution in [0.15, 0.2) is 0 Å². The molecule has 0 saturated carbocycles. The van der Waals surface area contributed by atoms with Crippen LogP contribution in [0.25, 0.3) is 0 Å². The lowest BCUT2D eigenvalue weighted by molar-refractivity contribution is -0.130. The molecular formula is C39H78N2O2. The smallest absolute Gasteiger partial charge is 0.227 e. The fourth-order valence-corrected chi connectivity index (χ4v) is 5.91. The molecule has 4 heteroatoms. The van der Waals surface area contributed by atoms with Crippen LogP contribution in [-0.2, 0) is 9.59 Å². The average molecular weight is 607 g/mol. The van der Waals surface area contributed by atoms with Gasteiger partial charge in [0.25, 0.3) is 0 Å². The van der Waals surface area contributed by atoms with Crippen molar-refractivity contribution < 1.29 is 9.59 Å². The monoisotopic (exact) mass is 607 g/mol. The zero-order chi connectivity index (χ0) is 31.7. The summed E-state index contributed by atoms with van der Waals surface area (Å²) >= 11 is 0. The first kappa shape index (κ1) is 41.9. The Morgan fingerprint density at radius 2 is 0.721 bits per heavy atom. The highest BCUT2D eigenvalue weighted by Gasteiger charge is 2.27. The van der Waals surface area contributed by atoms with Crippen molar-refractivity contribution in [1.82, 2.24) is 10.6 Å². The normalized spacial score (nSPS) is 11.6. The van der Waals surface area contributed by atoms with E-state index in [9.17, 15) is 9.59 Å². The lowest BCUT2D eigenvalue weighted by Gasteiger charge is -2.24. The first-order valence-electron chi connectivity index (χ1n) is 19.5. The standard InChI is InChI=1S/C39H78N2O2/c1-5-7-9-11-13-15-17-18-19-20-21-22-23-24-25-26-28-30-32-34-37(42)41-36-39(3,4)38(43)40-35-33-31-29-27-16-14-12-10-8-6-2/h5-36H2,1-4H3,(H,40,43)(H,41,42). The van der Waals surface area contributed by atoms with Crippen molar-refractivity contribution in [2.24, 2.45) is 5.41 Å². The van der Waals surface area contributed by atoms with Gasteiger partial charge in [-0.3, -0.25) is 9.59 Å². The van der Waals surface area contributed by atoms with Crippen LogP contribution >= 0.6 is 0 Å². The number of carbonyl (C=O) groups is 2. The highest BCUT2D eigenvalue weighted by molar-refractivity contribution is 5.83. The van der Waals surface area contributed by atoms with Gasteiger partial charge in [0.1, 0.15) is 0 Å². The number of carbonyl (C=O) groups excluding carboxylic acids is 2. The number of unbranched alkanes of at least 4 members (excludes halogenated alkanes) is 27. The summed E-state index contributed by atoms with van der Waals surface area (Å²) in [7, 11) is 0. The van der Waals surface area contributed by atoms with Gasteiger partial charge < -0.3 is 10.6 Å². The van der Waals surface area contributed by atoms with E-state index in [1.165, 1.54) is 167 Å². The maximum absolute atomic E-state index is 12.6. The van der Waals surface area contributed by atoms with E-state index < -0.39 is 5.41 Å². The zero-order valence-electron chi connectivity index (χ0n) is 29.9. The summed E-state index contributed by atoms with van der Waals surface area (Å²) in [6.45, 7) is 9.57. The Labute approximate surface area is 270 Å². The molecule has 0 aliphatic heterocycles. The molecule has 0 spiro atoms. The van der Waals surface area contributed by atoms with Gasteiger partial charge in [-0.1, -0.05) is 187 Å². The molecule has 0 aromatic heterocycles. The molecular weight excluding hydrogens is 528 g/mol. The molecule has 0 heterocycles. The summed E-state index contributed by atoms with van der Waals surface area (Å²) in [5.41, 5.74) is -0.568. The second-order valence-corrected chi connectivity index (χ2v) is 14.2. The van der Waals surface area contributed by atoms with Crippen LogP contribution in [0.5, 0.6) is 0 Å². The van der Waals surface area contributed by atoms with Crippen molar-refractivity contribution >= 4 is 11.8 Å². The molecule has 0 radical (unpaired) electrons. The number of amides is 2. The van der Waals surface area contributed by atoms with Crippen LogP contribution < -0.4 is 10.6 Å². The molecule has 0 rings (SSSR count). The van der Waals surface area contributed by atoms with Gasteiger partial charge in [0, 0.05) is 19.5 Å². The molecule has 0 aromatic carbocycles. The third-order valence-corrected chi connectivity index (χ3v) is 9.17. The van der Waals surface area contributed by atoms with Gasteiger partial charge in [-0.15, -0.1) is 0 Å². The number of hydrogen-bond donors (Lipinski definition) is 2. The molecule has 4 nitrogen and oxygen atoms in total. The molecule has 0 fully saturated rings. The van der Waals surface area contributed by atoms with Crippen molar-refractivity contribution in [2.45, 2.75) is 220 Å². The highest BCUT2D eigenvalue weighted by Crippen LogP contribution is 2.16. The van der Waals surface area contributed by atoms with E-state index in [4.69, 9.17) is 0 Å². The molecule has 256 valence electrons. The van der Waals surface area contributed by atoms with Crippen LogP contribution in [-0.4, -0.2) is 24.9 Å². The quantitative estimate of drug-likeness (QED) is 0.0716. The van der Waals surface area contributed by atoms with Crippen LogP contribution in [0.3, 0.4) is 0 Å². The molecule has 0 aliphatic rings. The number of hydrogen-bond acceptors (Lipinski definition) is 2. The van der Waals surface area contributed by atoms with E-state index in [0.717, 1.165) is 25.8 Å². The highest BCUT2D eigenvalue weighted by atomic mass is 16.2. The lowest BCUT2D eigenvalue weighted by atomic mass is 9.92. The van der Waals surface area contributed by atoms with Crippen molar-refractivity contribution in [3.63, 3.8) is 0 Å². The van der Waals surface area contributed by atoms with E-state index in [1.807, 2.05) is 13.8 Å². The third kappa shape index (κ3) is 30.7. The SMILES string of the molecule is CCCCCCCCCCCCCCCCCCCCCC(=O)NCC(C)(C)C(=O)NCCCCCCCCCCCC. The fourth-order valence-electron chi connectivity index (χ4n) is 5.91. The molecule has 2 amide bonds. The van der Waals surface area contributed by atoms with E-state index in [-0.39, 0.29) is 11.8 Å². The third-order valence-electron chi connectivity index (χ3n) is 9.17. The minimum Gasteiger partial charge on any atom is -0.356 e. The maximum Gasteiger partial charge on any atom is 0.227 e. The second-order valence-electron chi connectivity index (χ2n) is 14.2. The van der Waals surface area contributed by atoms with Gasteiger partial charge in [0.05, 0.1) is 5.41 Å². The Bertz CT molecular complexity index is 604. The van der Waals surface area contributed by atoms with Gasteiger partial charge in [0.2, 0.25) is 11.8 Å². The molecule has 0 aromatic rings. The largest absolute Gasteiger partial charge is 0.356 e. The predicted octanol–water partition coefficient (Wildman–Crippen LogP) is 12.0. The minimum absolute atomic E-state index is 0.0484. The second kappa shape index (κ2) is 32.3. The number of nitrogens with one attached hydrogen (secondary N) is 2. The summed E-state index contributed by atoms with van der Waals surface area (Å²) in [4.78, 5) is 24.9. The summed E-state index contributed by atoms with van der Waals surface area (Å²) < 4.78 is 0. The predicted molar refractivity (Wildman–Crippen MR) is 190 cm³/mol. The van der Waals surface area contributed by atoms with E-state index in [2.05, 4.69) is 24.5 Å². The maximum atomic E-state index is 12.6. The zero-order valence-corrected chi connectivity index (χ0v) is 29.9. The van der Waals surface area contributed by atoms with Crippen LogP contribution in [0.4, 0.5) is 0 Å². The Kier molecular flexibility index (Phi) is 31.5. The van der Waals surface area contributed by atoms with Crippen molar-refractivity contribution in [3.05, 3.63) is 0 Å². The van der Waals surface area contributed by atoms with Crippen LogP contribution in [0.1, 0.15) is 220 Å². The topological polar surface area (TPSA) is 58.2 Å². The van der Waals surface area contributed by atoms with Crippen molar-refractivity contribution in [3.8, 4) is 0 Å². The average Bonchev–Trinajstić information content (AvgIpc) is 2.99. The van der Waals surface area contributed by atoms with Gasteiger partial charge in [-0.2, -0.15) is 0 Å². The molecule has 43 heavy (non-hydrogen) atoms. The van der Waals surface area contributed by atoms with Crippen molar-refractivity contribution in [2.75, 3.05) is 13.1 Å². The van der Waals surface area contributed by atoms with Gasteiger partial charge >= 0.3 is 0 Å². The van der Waals surface area contributed by atoms with Gasteiger partial charge in [-0.25, -0.2) is 0 Å². The number of rotatable bonds is 34. The summed E-state index contributed by atoms with van der Waals surface area (Å²) in [6, 6.07) is 0. The molecule has 0 saturated heterocycles. The first-order chi connectivity index (χ1) is 20.9. The van der Waals surface area contributed by atoms with E-state index >= 15 is 0 Å². The molecule has 0 bridgehead atoms. The first-order valence-corrected chi connectivity index (χ1v) is 19.5. The molecule has 0 aliphatic carbocycles. The van der Waals surface area contributed by atoms with Gasteiger partial charge in [-0.05, 0) is 26.7 Å². The van der Waals surface area contributed by atoms with E-state index in [0.29, 0.717) is 13.0 Å².